The van der Waals surface area contributed by atoms with Crippen molar-refractivity contribution in [2.24, 2.45) is 28.2 Å². The van der Waals surface area contributed by atoms with Crippen molar-refractivity contribution in [2.45, 2.75) is 79.7 Å². The Morgan fingerprint density at radius 2 is 1.38 bits per heavy atom. The van der Waals surface area contributed by atoms with E-state index in [4.69, 9.17) is 11.5 Å². The normalized spacial score (nSPS) is 15.0. The SMILES string of the molecule is CC(C)(C)C(=O)CC(CCN)CCC(CCN)NC(=O)C(C)(C)C. The van der Waals surface area contributed by atoms with Gasteiger partial charge in [0.1, 0.15) is 5.78 Å². The third kappa shape index (κ3) is 9.38. The average molecular weight is 342 g/mol. The van der Waals surface area contributed by atoms with Crippen molar-refractivity contribution in [3.8, 4) is 0 Å². The molecule has 5 heteroatoms. The molecule has 0 saturated carbocycles. The van der Waals surface area contributed by atoms with E-state index in [0.717, 1.165) is 25.7 Å². The molecule has 24 heavy (non-hydrogen) atoms. The smallest absolute Gasteiger partial charge is 0.225 e. The molecule has 0 fully saturated rings. The first kappa shape index (κ1) is 23.1. The largest absolute Gasteiger partial charge is 0.353 e. The number of hydrogen-bond donors (Lipinski definition) is 3. The van der Waals surface area contributed by atoms with Gasteiger partial charge in [0.15, 0.2) is 0 Å². The van der Waals surface area contributed by atoms with E-state index in [1.54, 1.807) is 0 Å². The number of hydrogen-bond acceptors (Lipinski definition) is 4. The summed E-state index contributed by atoms with van der Waals surface area (Å²) in [6.07, 6.45) is 3.87. The second-order valence-electron chi connectivity index (χ2n) is 8.90. The van der Waals surface area contributed by atoms with E-state index >= 15 is 0 Å². The highest BCUT2D eigenvalue weighted by atomic mass is 16.2. The van der Waals surface area contributed by atoms with Gasteiger partial charge in [-0.25, -0.2) is 0 Å². The summed E-state index contributed by atoms with van der Waals surface area (Å²) in [6, 6.07) is 0.0618. The minimum absolute atomic E-state index is 0.0436. The molecule has 0 bridgehead atoms. The summed E-state index contributed by atoms with van der Waals surface area (Å²) in [6.45, 7) is 12.7. The topological polar surface area (TPSA) is 98.2 Å². The van der Waals surface area contributed by atoms with Gasteiger partial charge in [0, 0.05) is 23.3 Å². The average Bonchev–Trinajstić information content (AvgIpc) is 2.42. The van der Waals surface area contributed by atoms with E-state index in [1.807, 2.05) is 41.5 Å². The van der Waals surface area contributed by atoms with E-state index in [9.17, 15) is 9.59 Å². The lowest BCUT2D eigenvalue weighted by molar-refractivity contribution is -0.129. The zero-order chi connectivity index (χ0) is 19.0. The summed E-state index contributed by atoms with van der Waals surface area (Å²) in [5.74, 6) is 0.589. The van der Waals surface area contributed by atoms with Crippen LogP contribution in [-0.4, -0.2) is 30.8 Å². The molecule has 0 aromatic carbocycles. The molecule has 0 aliphatic heterocycles. The molecular weight excluding hydrogens is 302 g/mol. The van der Waals surface area contributed by atoms with Crippen molar-refractivity contribution in [1.29, 1.82) is 0 Å². The molecule has 0 saturated heterocycles. The predicted molar refractivity (Wildman–Crippen MR) is 101 cm³/mol. The van der Waals surface area contributed by atoms with Crippen LogP contribution in [-0.2, 0) is 9.59 Å². The van der Waals surface area contributed by atoms with E-state index in [0.29, 0.717) is 19.5 Å². The van der Waals surface area contributed by atoms with Gasteiger partial charge in [-0.05, 0) is 44.7 Å². The predicted octanol–water partition coefficient (Wildman–Crippen LogP) is 2.62. The van der Waals surface area contributed by atoms with Crippen molar-refractivity contribution in [1.82, 2.24) is 5.32 Å². The summed E-state index contributed by atoms with van der Waals surface area (Å²) in [7, 11) is 0. The Balaban J connectivity index is 4.70. The Kier molecular flexibility index (Phi) is 9.74. The first-order valence-electron chi connectivity index (χ1n) is 9.16. The Bertz CT molecular complexity index is 356. The van der Waals surface area contributed by atoms with Crippen LogP contribution in [0.25, 0.3) is 0 Å². The summed E-state index contributed by atoms with van der Waals surface area (Å²) in [5, 5.41) is 3.10. The number of nitrogens with one attached hydrogen (secondary N) is 1. The van der Waals surface area contributed by atoms with Gasteiger partial charge in [0.25, 0.3) is 0 Å². The van der Waals surface area contributed by atoms with Crippen LogP contribution in [0.2, 0.25) is 0 Å². The van der Waals surface area contributed by atoms with Crippen LogP contribution >= 0.6 is 0 Å². The van der Waals surface area contributed by atoms with Gasteiger partial charge in [0.2, 0.25) is 5.91 Å². The van der Waals surface area contributed by atoms with Crippen LogP contribution < -0.4 is 16.8 Å². The van der Waals surface area contributed by atoms with Crippen LogP contribution in [0.15, 0.2) is 0 Å². The van der Waals surface area contributed by atoms with Gasteiger partial charge < -0.3 is 16.8 Å². The highest BCUT2D eigenvalue weighted by Crippen LogP contribution is 2.25. The van der Waals surface area contributed by atoms with Crippen LogP contribution in [0.3, 0.4) is 0 Å². The van der Waals surface area contributed by atoms with Crippen molar-refractivity contribution in [3.05, 3.63) is 0 Å². The van der Waals surface area contributed by atoms with Gasteiger partial charge >= 0.3 is 0 Å². The molecule has 0 aromatic heterocycles. The quantitative estimate of drug-likeness (QED) is 0.569. The van der Waals surface area contributed by atoms with Gasteiger partial charge in [-0.15, -0.1) is 0 Å². The summed E-state index contributed by atoms with van der Waals surface area (Å²) in [4.78, 5) is 24.5. The summed E-state index contributed by atoms with van der Waals surface area (Å²) in [5.41, 5.74) is 10.7. The van der Waals surface area contributed by atoms with Gasteiger partial charge in [-0.2, -0.15) is 0 Å². The lowest BCUT2D eigenvalue weighted by atomic mass is 9.82. The number of rotatable bonds is 10. The maximum atomic E-state index is 12.3. The van der Waals surface area contributed by atoms with E-state index in [1.165, 1.54) is 0 Å². The highest BCUT2D eigenvalue weighted by Gasteiger charge is 2.26. The van der Waals surface area contributed by atoms with E-state index < -0.39 is 5.41 Å². The van der Waals surface area contributed by atoms with Crippen LogP contribution in [0.4, 0.5) is 0 Å². The van der Waals surface area contributed by atoms with E-state index in [-0.39, 0.29) is 29.1 Å². The number of ketones is 1. The van der Waals surface area contributed by atoms with Gasteiger partial charge in [-0.1, -0.05) is 41.5 Å². The first-order valence-corrected chi connectivity index (χ1v) is 9.16. The van der Waals surface area contributed by atoms with Crippen LogP contribution in [0.1, 0.15) is 73.6 Å². The molecule has 5 nitrogen and oxygen atoms in total. The highest BCUT2D eigenvalue weighted by molar-refractivity contribution is 5.83. The second-order valence-corrected chi connectivity index (χ2v) is 8.90. The van der Waals surface area contributed by atoms with E-state index in [2.05, 4.69) is 5.32 Å². The fraction of sp³-hybridized carbons (Fsp3) is 0.895. The molecule has 0 aliphatic carbocycles. The molecule has 1 amide bonds. The minimum Gasteiger partial charge on any atom is -0.353 e. The third-order valence-corrected chi connectivity index (χ3v) is 4.34. The van der Waals surface area contributed by atoms with Crippen molar-refractivity contribution < 1.29 is 9.59 Å². The van der Waals surface area contributed by atoms with Crippen molar-refractivity contribution >= 4 is 11.7 Å². The molecule has 2 unspecified atom stereocenters. The zero-order valence-electron chi connectivity index (χ0n) is 16.6. The monoisotopic (exact) mass is 341 g/mol. The molecule has 0 radical (unpaired) electrons. The number of carbonyl (C=O) groups excluding carboxylic acids is 2. The standard InChI is InChI=1S/C19H39N3O2/c1-18(2,3)16(23)13-14(9-11-20)7-8-15(10-12-21)22-17(24)19(4,5)6/h14-15H,7-13,20-21H2,1-6H3,(H,22,24). The molecule has 0 aliphatic rings. The van der Waals surface area contributed by atoms with Crippen molar-refractivity contribution in [3.63, 3.8) is 0 Å². The molecule has 0 heterocycles. The number of carbonyl (C=O) groups is 2. The fourth-order valence-corrected chi connectivity index (χ4v) is 2.48. The molecular formula is C19H39N3O2. The van der Waals surface area contributed by atoms with Crippen molar-refractivity contribution in [2.75, 3.05) is 13.1 Å². The Morgan fingerprint density at radius 3 is 1.79 bits per heavy atom. The first-order chi connectivity index (χ1) is 10.9. The molecule has 0 rings (SSSR count). The lowest BCUT2D eigenvalue weighted by Gasteiger charge is -2.26. The second kappa shape index (κ2) is 10.1. The lowest BCUT2D eigenvalue weighted by Crippen LogP contribution is -2.42. The molecule has 142 valence electrons. The fourth-order valence-electron chi connectivity index (χ4n) is 2.48. The summed E-state index contributed by atoms with van der Waals surface area (Å²) < 4.78 is 0. The maximum Gasteiger partial charge on any atom is 0.225 e. The van der Waals surface area contributed by atoms with Gasteiger partial charge in [-0.3, -0.25) is 9.59 Å². The summed E-state index contributed by atoms with van der Waals surface area (Å²) >= 11 is 0. The van der Waals surface area contributed by atoms with Gasteiger partial charge in [0.05, 0.1) is 0 Å². The Hall–Kier alpha value is -0.940. The number of Topliss-reactive ketones (excluding diaryl/α,β-unsaturated/α-hetero) is 1. The van der Waals surface area contributed by atoms with Crippen LogP contribution in [0, 0.1) is 16.7 Å². The minimum atomic E-state index is -0.411. The Morgan fingerprint density at radius 1 is 0.833 bits per heavy atom. The zero-order valence-corrected chi connectivity index (χ0v) is 16.6. The number of nitrogens with two attached hydrogens (primary N) is 2. The molecule has 2 atom stereocenters. The Labute approximate surface area is 148 Å². The maximum absolute atomic E-state index is 12.3. The van der Waals surface area contributed by atoms with Crippen LogP contribution in [0.5, 0.6) is 0 Å². The molecule has 0 aromatic rings. The molecule has 5 N–H and O–H groups in total. The molecule has 0 spiro atoms. The third-order valence-electron chi connectivity index (χ3n) is 4.34. The number of amides is 1.